The minimum Gasteiger partial charge on any atom is -0.339 e. The van der Waals surface area contributed by atoms with Crippen molar-refractivity contribution in [3.63, 3.8) is 0 Å². The lowest BCUT2D eigenvalue weighted by atomic mass is 10.1. The highest BCUT2D eigenvalue weighted by Crippen LogP contribution is 2.38. The van der Waals surface area contributed by atoms with E-state index in [4.69, 9.17) is 4.52 Å². The van der Waals surface area contributed by atoms with Gasteiger partial charge in [0.1, 0.15) is 0 Å². The molecule has 0 spiro atoms. The molecular weight excluding hydrogens is 216 g/mol. The van der Waals surface area contributed by atoms with Gasteiger partial charge in [-0.3, -0.25) is 4.90 Å². The standard InChI is InChI=1S/C12H20N4O/c1-8-6-16(9(2)5-13-8)7-11-14-12(17-15-11)10-3-4-10/h8-10,13H,3-7H2,1-2H3. The molecule has 5 nitrogen and oxygen atoms in total. The van der Waals surface area contributed by atoms with Gasteiger partial charge < -0.3 is 9.84 Å². The van der Waals surface area contributed by atoms with Crippen LogP contribution in [0.15, 0.2) is 4.52 Å². The molecule has 1 aromatic heterocycles. The van der Waals surface area contributed by atoms with Gasteiger partial charge in [-0.15, -0.1) is 0 Å². The number of hydrogen-bond acceptors (Lipinski definition) is 5. The molecule has 1 aliphatic carbocycles. The maximum Gasteiger partial charge on any atom is 0.229 e. The van der Waals surface area contributed by atoms with Crippen LogP contribution in [0.2, 0.25) is 0 Å². The predicted octanol–water partition coefficient (Wildman–Crippen LogP) is 1.13. The van der Waals surface area contributed by atoms with Gasteiger partial charge in [-0.25, -0.2) is 0 Å². The van der Waals surface area contributed by atoms with E-state index in [1.54, 1.807) is 0 Å². The maximum absolute atomic E-state index is 5.29. The summed E-state index contributed by atoms with van der Waals surface area (Å²) in [6.07, 6.45) is 2.42. The third kappa shape index (κ3) is 2.50. The van der Waals surface area contributed by atoms with Crippen LogP contribution >= 0.6 is 0 Å². The minimum absolute atomic E-state index is 0.536. The zero-order valence-corrected chi connectivity index (χ0v) is 10.5. The fourth-order valence-corrected chi connectivity index (χ4v) is 2.33. The summed E-state index contributed by atoms with van der Waals surface area (Å²) < 4.78 is 5.29. The molecule has 1 saturated heterocycles. The molecule has 0 aromatic carbocycles. The average molecular weight is 236 g/mol. The second-order valence-electron chi connectivity index (χ2n) is 5.41. The summed E-state index contributed by atoms with van der Waals surface area (Å²) in [6.45, 7) is 7.35. The molecule has 2 atom stereocenters. The van der Waals surface area contributed by atoms with Gasteiger partial charge in [0.15, 0.2) is 5.82 Å². The third-order valence-electron chi connectivity index (χ3n) is 3.65. The molecule has 1 aliphatic heterocycles. The van der Waals surface area contributed by atoms with Gasteiger partial charge >= 0.3 is 0 Å². The van der Waals surface area contributed by atoms with E-state index in [2.05, 4.69) is 34.2 Å². The van der Waals surface area contributed by atoms with Crippen molar-refractivity contribution in [2.75, 3.05) is 13.1 Å². The number of aromatic nitrogens is 2. The Kier molecular flexibility index (Phi) is 2.88. The molecule has 1 saturated carbocycles. The van der Waals surface area contributed by atoms with Crippen LogP contribution in [0.4, 0.5) is 0 Å². The summed E-state index contributed by atoms with van der Waals surface area (Å²) in [5.41, 5.74) is 0. The van der Waals surface area contributed by atoms with Crippen molar-refractivity contribution in [2.24, 2.45) is 0 Å². The lowest BCUT2D eigenvalue weighted by Gasteiger charge is -2.36. The van der Waals surface area contributed by atoms with E-state index in [0.29, 0.717) is 18.0 Å². The van der Waals surface area contributed by atoms with Gasteiger partial charge in [-0.1, -0.05) is 5.16 Å². The Hall–Kier alpha value is -0.940. The lowest BCUT2D eigenvalue weighted by molar-refractivity contribution is 0.134. The van der Waals surface area contributed by atoms with Crippen LogP contribution in [0.5, 0.6) is 0 Å². The Morgan fingerprint density at radius 2 is 2.24 bits per heavy atom. The fraction of sp³-hybridized carbons (Fsp3) is 0.833. The summed E-state index contributed by atoms with van der Waals surface area (Å²) in [6, 6.07) is 1.08. The molecule has 0 radical (unpaired) electrons. The zero-order chi connectivity index (χ0) is 11.8. The molecule has 5 heteroatoms. The summed E-state index contributed by atoms with van der Waals surface area (Å²) in [7, 11) is 0. The van der Waals surface area contributed by atoms with E-state index in [-0.39, 0.29) is 0 Å². The van der Waals surface area contributed by atoms with E-state index in [9.17, 15) is 0 Å². The zero-order valence-electron chi connectivity index (χ0n) is 10.5. The smallest absolute Gasteiger partial charge is 0.229 e. The summed E-state index contributed by atoms with van der Waals surface area (Å²) in [5, 5.41) is 7.56. The quantitative estimate of drug-likeness (QED) is 0.852. The van der Waals surface area contributed by atoms with Gasteiger partial charge in [-0.05, 0) is 26.7 Å². The Balaban J connectivity index is 1.63. The van der Waals surface area contributed by atoms with Crippen LogP contribution in [-0.2, 0) is 6.54 Å². The predicted molar refractivity (Wildman–Crippen MR) is 63.6 cm³/mol. The molecule has 1 aromatic rings. The fourth-order valence-electron chi connectivity index (χ4n) is 2.33. The first kappa shape index (κ1) is 11.2. The number of piperazine rings is 1. The van der Waals surface area contributed by atoms with Gasteiger partial charge in [0.05, 0.1) is 6.54 Å². The number of rotatable bonds is 3. The van der Waals surface area contributed by atoms with Gasteiger partial charge in [-0.2, -0.15) is 4.98 Å². The topological polar surface area (TPSA) is 54.2 Å². The molecular formula is C12H20N4O. The van der Waals surface area contributed by atoms with Crippen LogP contribution in [-0.4, -0.2) is 40.2 Å². The van der Waals surface area contributed by atoms with E-state index in [1.165, 1.54) is 12.8 Å². The highest BCUT2D eigenvalue weighted by atomic mass is 16.5. The maximum atomic E-state index is 5.29. The number of nitrogens with zero attached hydrogens (tertiary/aromatic N) is 3. The monoisotopic (exact) mass is 236 g/mol. The third-order valence-corrected chi connectivity index (χ3v) is 3.65. The Morgan fingerprint density at radius 1 is 1.41 bits per heavy atom. The number of nitrogens with one attached hydrogen (secondary N) is 1. The van der Waals surface area contributed by atoms with Gasteiger partial charge in [0.2, 0.25) is 5.89 Å². The summed E-state index contributed by atoms with van der Waals surface area (Å²) in [4.78, 5) is 6.91. The van der Waals surface area contributed by atoms with Crippen molar-refractivity contribution in [3.05, 3.63) is 11.7 Å². The van der Waals surface area contributed by atoms with Crippen LogP contribution in [0.3, 0.4) is 0 Å². The molecule has 0 bridgehead atoms. The second kappa shape index (κ2) is 4.38. The Morgan fingerprint density at radius 3 is 3.00 bits per heavy atom. The SMILES string of the molecule is CC1CN(Cc2noc(C3CC3)n2)C(C)CN1. The molecule has 94 valence electrons. The van der Waals surface area contributed by atoms with Gasteiger partial charge in [0, 0.05) is 31.1 Å². The molecule has 17 heavy (non-hydrogen) atoms. The van der Waals surface area contributed by atoms with E-state index in [0.717, 1.165) is 31.3 Å². The first-order chi connectivity index (χ1) is 8.22. The molecule has 2 unspecified atom stereocenters. The molecule has 0 amide bonds. The van der Waals surface area contributed by atoms with Crippen LogP contribution in [0.1, 0.15) is 44.3 Å². The van der Waals surface area contributed by atoms with Gasteiger partial charge in [0.25, 0.3) is 0 Å². The van der Waals surface area contributed by atoms with E-state index in [1.807, 2.05) is 0 Å². The van der Waals surface area contributed by atoms with Crippen LogP contribution < -0.4 is 5.32 Å². The number of hydrogen-bond donors (Lipinski definition) is 1. The van der Waals surface area contributed by atoms with Crippen LogP contribution in [0, 0.1) is 0 Å². The average Bonchev–Trinajstić information content (AvgIpc) is 3.05. The second-order valence-corrected chi connectivity index (χ2v) is 5.41. The molecule has 1 N–H and O–H groups in total. The molecule has 2 heterocycles. The summed E-state index contributed by atoms with van der Waals surface area (Å²) >= 11 is 0. The van der Waals surface area contributed by atoms with Crippen LogP contribution in [0.25, 0.3) is 0 Å². The highest BCUT2D eigenvalue weighted by Gasteiger charge is 2.30. The first-order valence-electron chi connectivity index (χ1n) is 6.52. The molecule has 3 rings (SSSR count). The Labute approximate surface area is 102 Å². The van der Waals surface area contributed by atoms with Crippen molar-refractivity contribution >= 4 is 0 Å². The van der Waals surface area contributed by atoms with Crippen molar-refractivity contribution < 1.29 is 4.52 Å². The molecule has 2 aliphatic rings. The van der Waals surface area contributed by atoms with E-state index < -0.39 is 0 Å². The molecule has 2 fully saturated rings. The minimum atomic E-state index is 0.536. The summed E-state index contributed by atoms with van der Waals surface area (Å²) in [5.74, 6) is 2.24. The van der Waals surface area contributed by atoms with Crippen molar-refractivity contribution in [1.29, 1.82) is 0 Å². The largest absolute Gasteiger partial charge is 0.339 e. The van der Waals surface area contributed by atoms with Crippen molar-refractivity contribution in [2.45, 2.75) is 51.2 Å². The van der Waals surface area contributed by atoms with E-state index >= 15 is 0 Å². The Bertz CT molecular complexity index is 388. The normalized spacial score (nSPS) is 30.7. The van der Waals surface area contributed by atoms with Crippen molar-refractivity contribution in [1.82, 2.24) is 20.4 Å². The first-order valence-corrected chi connectivity index (χ1v) is 6.52. The van der Waals surface area contributed by atoms with Crippen molar-refractivity contribution in [3.8, 4) is 0 Å². The highest BCUT2D eigenvalue weighted by molar-refractivity contribution is 5.02. The lowest BCUT2D eigenvalue weighted by Crippen LogP contribution is -2.53.